The number of hydrogen-bond acceptors (Lipinski definition) is 3. The van der Waals surface area contributed by atoms with Crippen molar-refractivity contribution >= 4 is 5.96 Å². The van der Waals surface area contributed by atoms with Gasteiger partial charge in [-0.2, -0.15) is 5.10 Å². The molecule has 1 unspecified atom stereocenters. The second-order valence-corrected chi connectivity index (χ2v) is 7.38. The summed E-state index contributed by atoms with van der Waals surface area (Å²) in [6.45, 7) is 14.5. The molecule has 160 valence electrons. The van der Waals surface area contributed by atoms with Gasteiger partial charge in [0.2, 0.25) is 0 Å². The van der Waals surface area contributed by atoms with Gasteiger partial charge in [-0.3, -0.25) is 4.68 Å². The molecule has 29 heavy (non-hydrogen) atoms. The molecule has 1 aromatic carbocycles. The summed E-state index contributed by atoms with van der Waals surface area (Å²) >= 11 is 0. The van der Waals surface area contributed by atoms with Crippen LogP contribution in [0.5, 0.6) is 0 Å². The summed E-state index contributed by atoms with van der Waals surface area (Å²) in [4.78, 5) is 7.32. The Hall–Kier alpha value is -2.34. The summed E-state index contributed by atoms with van der Waals surface area (Å²) in [7, 11) is 0. The minimum atomic E-state index is 0.391. The third-order valence-corrected chi connectivity index (χ3v) is 5.15. The number of guanidine groups is 1. The largest absolute Gasteiger partial charge is 0.357 e. The third kappa shape index (κ3) is 8.28. The van der Waals surface area contributed by atoms with Crippen LogP contribution >= 0.6 is 0 Å². The average Bonchev–Trinajstić information content (AvgIpc) is 3.23. The van der Waals surface area contributed by atoms with Crippen molar-refractivity contribution in [2.45, 2.75) is 59.7 Å². The summed E-state index contributed by atoms with van der Waals surface area (Å²) in [5, 5.41) is 11.3. The molecule has 0 fully saturated rings. The number of nitrogens with one attached hydrogen (secondary N) is 2. The SMILES string of the molecule is CCNC(=NCc1ccccc1Cn1cccn1)NC(C)CCCN(CC)CC. The summed E-state index contributed by atoms with van der Waals surface area (Å²) in [6, 6.07) is 10.8. The van der Waals surface area contributed by atoms with Crippen molar-refractivity contribution < 1.29 is 0 Å². The lowest BCUT2D eigenvalue weighted by atomic mass is 10.1. The maximum Gasteiger partial charge on any atom is 0.191 e. The molecule has 0 aliphatic carbocycles. The molecule has 0 aliphatic rings. The van der Waals surface area contributed by atoms with Crippen molar-refractivity contribution in [1.82, 2.24) is 25.3 Å². The summed E-state index contributed by atoms with van der Waals surface area (Å²) in [6.07, 6.45) is 6.14. The predicted molar refractivity (Wildman–Crippen MR) is 122 cm³/mol. The minimum Gasteiger partial charge on any atom is -0.357 e. The van der Waals surface area contributed by atoms with Crippen LogP contribution in [-0.4, -0.2) is 52.9 Å². The predicted octanol–water partition coefficient (Wildman–Crippen LogP) is 3.50. The molecule has 2 rings (SSSR count). The minimum absolute atomic E-state index is 0.391. The molecule has 1 atom stereocenters. The number of benzene rings is 1. The first-order chi connectivity index (χ1) is 14.2. The number of hydrogen-bond donors (Lipinski definition) is 2. The summed E-state index contributed by atoms with van der Waals surface area (Å²) < 4.78 is 1.95. The Bertz CT molecular complexity index is 706. The van der Waals surface area contributed by atoms with Crippen molar-refractivity contribution in [3.05, 3.63) is 53.9 Å². The first-order valence-corrected chi connectivity index (χ1v) is 11.0. The molecular formula is C23H38N6. The highest BCUT2D eigenvalue weighted by Crippen LogP contribution is 2.12. The smallest absolute Gasteiger partial charge is 0.191 e. The van der Waals surface area contributed by atoms with Gasteiger partial charge in [-0.1, -0.05) is 38.1 Å². The highest BCUT2D eigenvalue weighted by atomic mass is 15.3. The maximum atomic E-state index is 4.84. The molecule has 0 spiro atoms. The highest BCUT2D eigenvalue weighted by molar-refractivity contribution is 5.80. The summed E-state index contributed by atoms with van der Waals surface area (Å²) in [5.41, 5.74) is 2.48. The number of rotatable bonds is 12. The van der Waals surface area contributed by atoms with Crippen LogP contribution in [0.2, 0.25) is 0 Å². The van der Waals surface area contributed by atoms with Gasteiger partial charge in [0.15, 0.2) is 5.96 Å². The van der Waals surface area contributed by atoms with Crippen LogP contribution in [0.15, 0.2) is 47.7 Å². The van der Waals surface area contributed by atoms with Crippen LogP contribution in [0.25, 0.3) is 0 Å². The normalized spacial score (nSPS) is 12.9. The lowest BCUT2D eigenvalue weighted by molar-refractivity contribution is 0.292. The van der Waals surface area contributed by atoms with E-state index in [0.717, 1.165) is 45.1 Å². The van der Waals surface area contributed by atoms with Crippen molar-refractivity contribution in [2.75, 3.05) is 26.2 Å². The topological polar surface area (TPSA) is 57.5 Å². The Morgan fingerprint density at radius 3 is 2.55 bits per heavy atom. The zero-order valence-electron chi connectivity index (χ0n) is 18.6. The van der Waals surface area contributed by atoms with E-state index in [0.29, 0.717) is 12.6 Å². The molecular weight excluding hydrogens is 360 g/mol. The molecule has 0 amide bonds. The molecule has 1 aromatic heterocycles. The second-order valence-electron chi connectivity index (χ2n) is 7.38. The van der Waals surface area contributed by atoms with Crippen LogP contribution in [0.3, 0.4) is 0 Å². The van der Waals surface area contributed by atoms with Gasteiger partial charge < -0.3 is 15.5 Å². The van der Waals surface area contributed by atoms with Gasteiger partial charge in [0.1, 0.15) is 0 Å². The van der Waals surface area contributed by atoms with E-state index < -0.39 is 0 Å². The van der Waals surface area contributed by atoms with Gasteiger partial charge in [0.05, 0.1) is 13.1 Å². The molecule has 0 aliphatic heterocycles. The van der Waals surface area contributed by atoms with Crippen molar-refractivity contribution in [3.8, 4) is 0 Å². The molecule has 1 heterocycles. The van der Waals surface area contributed by atoms with Crippen molar-refractivity contribution in [2.24, 2.45) is 4.99 Å². The van der Waals surface area contributed by atoms with Crippen molar-refractivity contribution in [1.29, 1.82) is 0 Å². The van der Waals surface area contributed by atoms with Crippen LogP contribution < -0.4 is 10.6 Å². The van der Waals surface area contributed by atoms with Crippen LogP contribution in [-0.2, 0) is 13.1 Å². The van der Waals surface area contributed by atoms with Gasteiger partial charge in [0.25, 0.3) is 0 Å². The standard InChI is InChI=1S/C23H38N6/c1-5-24-23(27-20(4)12-10-16-28(6-2)7-3)25-18-21-13-8-9-14-22(21)19-29-17-11-15-26-29/h8-9,11,13-15,17,20H,5-7,10,12,16,18-19H2,1-4H3,(H2,24,25,27). The van der Waals surface area contributed by atoms with Gasteiger partial charge in [-0.25, -0.2) is 4.99 Å². The fraction of sp³-hybridized carbons (Fsp3) is 0.565. The fourth-order valence-corrected chi connectivity index (χ4v) is 3.39. The Kier molecular flexibility index (Phi) is 10.3. The lowest BCUT2D eigenvalue weighted by Crippen LogP contribution is -2.42. The third-order valence-electron chi connectivity index (χ3n) is 5.15. The summed E-state index contributed by atoms with van der Waals surface area (Å²) in [5.74, 6) is 0.886. The molecule has 2 N–H and O–H groups in total. The maximum absolute atomic E-state index is 4.84. The molecule has 6 nitrogen and oxygen atoms in total. The number of aliphatic imine (C=N–C) groups is 1. The highest BCUT2D eigenvalue weighted by Gasteiger charge is 2.08. The van der Waals surface area contributed by atoms with E-state index in [-0.39, 0.29) is 0 Å². The van der Waals surface area contributed by atoms with Crippen LogP contribution in [0.4, 0.5) is 0 Å². The molecule has 6 heteroatoms. The van der Waals surface area contributed by atoms with Crippen LogP contribution in [0, 0.1) is 0 Å². The van der Waals surface area contributed by atoms with Crippen molar-refractivity contribution in [3.63, 3.8) is 0 Å². The molecule has 0 bridgehead atoms. The Balaban J connectivity index is 1.93. The van der Waals surface area contributed by atoms with Gasteiger partial charge in [-0.05, 0) is 63.5 Å². The van der Waals surface area contributed by atoms with E-state index in [4.69, 9.17) is 4.99 Å². The van der Waals surface area contributed by atoms with E-state index in [9.17, 15) is 0 Å². The van der Waals surface area contributed by atoms with E-state index in [1.54, 1.807) is 0 Å². The van der Waals surface area contributed by atoms with E-state index in [2.05, 4.69) is 72.6 Å². The van der Waals surface area contributed by atoms with E-state index in [1.165, 1.54) is 17.5 Å². The zero-order valence-corrected chi connectivity index (χ0v) is 18.6. The Morgan fingerprint density at radius 2 is 1.90 bits per heavy atom. The monoisotopic (exact) mass is 398 g/mol. The van der Waals surface area contributed by atoms with E-state index in [1.807, 2.05) is 23.1 Å². The molecule has 0 saturated heterocycles. The van der Waals surface area contributed by atoms with Crippen LogP contribution in [0.1, 0.15) is 51.7 Å². The number of aromatic nitrogens is 2. The lowest BCUT2D eigenvalue weighted by Gasteiger charge is -2.21. The first kappa shape index (κ1) is 22.9. The van der Waals surface area contributed by atoms with Gasteiger partial charge in [0, 0.05) is 25.0 Å². The molecule has 2 aromatic rings. The molecule has 0 radical (unpaired) electrons. The quantitative estimate of drug-likeness (QED) is 0.424. The Labute approximate surface area is 176 Å². The first-order valence-electron chi connectivity index (χ1n) is 11.0. The van der Waals surface area contributed by atoms with Gasteiger partial charge >= 0.3 is 0 Å². The fourth-order valence-electron chi connectivity index (χ4n) is 3.39. The Morgan fingerprint density at radius 1 is 1.14 bits per heavy atom. The van der Waals surface area contributed by atoms with Gasteiger partial charge in [-0.15, -0.1) is 0 Å². The van der Waals surface area contributed by atoms with E-state index >= 15 is 0 Å². The zero-order chi connectivity index (χ0) is 20.9. The second kappa shape index (κ2) is 13.0. The number of nitrogens with zero attached hydrogens (tertiary/aromatic N) is 4. The molecule has 0 saturated carbocycles. The average molecular weight is 399 g/mol.